The van der Waals surface area contributed by atoms with Crippen molar-refractivity contribution in [2.24, 2.45) is 0 Å². The van der Waals surface area contributed by atoms with Crippen LogP contribution in [0.1, 0.15) is 48.1 Å². The number of carbonyl (C=O) groups is 2. The molecule has 1 atom stereocenters. The molecule has 0 radical (unpaired) electrons. The van der Waals surface area contributed by atoms with Crippen LogP contribution in [0.25, 0.3) is 0 Å². The van der Waals surface area contributed by atoms with Gasteiger partial charge in [0, 0.05) is 24.5 Å². The highest BCUT2D eigenvalue weighted by Crippen LogP contribution is 2.25. The van der Waals surface area contributed by atoms with Gasteiger partial charge in [-0.3, -0.25) is 9.59 Å². The van der Waals surface area contributed by atoms with E-state index in [-0.39, 0.29) is 11.8 Å². The van der Waals surface area contributed by atoms with E-state index in [4.69, 9.17) is 11.6 Å². The second-order valence-corrected chi connectivity index (χ2v) is 8.35. The minimum Gasteiger partial charge on any atom is -0.350 e. The summed E-state index contributed by atoms with van der Waals surface area (Å²) >= 11 is 6.03. The van der Waals surface area contributed by atoms with Crippen LogP contribution in [0, 0.1) is 6.92 Å². The van der Waals surface area contributed by atoms with Gasteiger partial charge in [-0.05, 0) is 42.2 Å². The fraction of sp³-hybridized carbons (Fsp3) is 0.259. The summed E-state index contributed by atoms with van der Waals surface area (Å²) in [7, 11) is 0. The van der Waals surface area contributed by atoms with E-state index in [9.17, 15) is 9.59 Å². The largest absolute Gasteiger partial charge is 0.350 e. The number of nitrogens with zero attached hydrogens (tertiary/aromatic N) is 1. The molecule has 0 bridgehead atoms. The number of hydrogen-bond acceptors (Lipinski definition) is 2. The molecule has 3 rings (SSSR count). The second-order valence-electron chi connectivity index (χ2n) is 7.91. The Morgan fingerprint density at radius 2 is 1.53 bits per heavy atom. The molecule has 32 heavy (non-hydrogen) atoms. The van der Waals surface area contributed by atoms with Crippen molar-refractivity contribution in [1.29, 1.82) is 0 Å². The van der Waals surface area contributed by atoms with E-state index in [1.54, 1.807) is 17.0 Å². The third kappa shape index (κ3) is 6.44. The van der Waals surface area contributed by atoms with Crippen LogP contribution < -0.4 is 5.32 Å². The molecule has 0 heterocycles. The predicted octanol–water partition coefficient (Wildman–Crippen LogP) is 5.83. The van der Waals surface area contributed by atoms with Crippen molar-refractivity contribution < 1.29 is 9.59 Å². The molecule has 0 fully saturated rings. The summed E-state index contributed by atoms with van der Waals surface area (Å²) in [6.07, 6.45) is 1.09. The molecule has 166 valence electrons. The zero-order valence-electron chi connectivity index (χ0n) is 18.6. The third-order valence-corrected chi connectivity index (χ3v) is 5.57. The van der Waals surface area contributed by atoms with Gasteiger partial charge in [-0.2, -0.15) is 0 Å². The Kier molecular flexibility index (Phi) is 8.46. The van der Waals surface area contributed by atoms with Crippen LogP contribution >= 0.6 is 11.6 Å². The summed E-state index contributed by atoms with van der Waals surface area (Å²) in [6.45, 7) is 4.72. The predicted molar refractivity (Wildman–Crippen MR) is 129 cm³/mol. The normalized spacial score (nSPS) is 11.6. The fourth-order valence-corrected chi connectivity index (χ4v) is 3.69. The van der Waals surface area contributed by atoms with Crippen LogP contribution in [0.2, 0.25) is 5.02 Å². The highest BCUT2D eigenvalue weighted by molar-refractivity contribution is 6.30. The molecule has 4 nitrogen and oxygen atoms in total. The van der Waals surface area contributed by atoms with E-state index in [2.05, 4.69) is 5.32 Å². The maximum atomic E-state index is 13.5. The van der Waals surface area contributed by atoms with Gasteiger partial charge < -0.3 is 10.2 Å². The van der Waals surface area contributed by atoms with Crippen LogP contribution in [0.15, 0.2) is 78.9 Å². The van der Waals surface area contributed by atoms with Gasteiger partial charge in [-0.15, -0.1) is 0 Å². The number of rotatable bonds is 9. The van der Waals surface area contributed by atoms with Gasteiger partial charge in [0.15, 0.2) is 0 Å². The molecular formula is C27H29ClN2O2. The van der Waals surface area contributed by atoms with Crippen molar-refractivity contribution in [1.82, 2.24) is 10.2 Å². The summed E-state index contributed by atoms with van der Waals surface area (Å²) in [4.78, 5) is 28.3. The zero-order valence-corrected chi connectivity index (χ0v) is 19.3. The number of amides is 2. The highest BCUT2D eigenvalue weighted by atomic mass is 35.5. The minimum atomic E-state index is -0.726. The minimum absolute atomic E-state index is 0.0539. The first-order valence-corrected chi connectivity index (χ1v) is 11.3. The molecule has 0 aliphatic rings. The smallest absolute Gasteiger partial charge is 0.247 e. The quantitative estimate of drug-likeness (QED) is 0.447. The average Bonchev–Trinajstić information content (AvgIpc) is 2.80. The summed E-state index contributed by atoms with van der Waals surface area (Å²) in [6, 6.07) is 24.2. The second kappa shape index (κ2) is 11.5. The van der Waals surface area contributed by atoms with E-state index < -0.39 is 6.04 Å². The third-order valence-electron chi connectivity index (χ3n) is 5.31. The lowest BCUT2D eigenvalue weighted by atomic mass is 10.0. The first kappa shape index (κ1) is 23.6. The van der Waals surface area contributed by atoms with Gasteiger partial charge in [0.2, 0.25) is 11.8 Å². The summed E-state index contributed by atoms with van der Waals surface area (Å²) in [5.41, 5.74) is 3.89. The Labute approximate surface area is 195 Å². The van der Waals surface area contributed by atoms with E-state index in [1.807, 2.05) is 80.6 Å². The van der Waals surface area contributed by atoms with E-state index >= 15 is 0 Å². The molecule has 1 N–H and O–H groups in total. The molecule has 0 aliphatic heterocycles. The molecule has 5 heteroatoms. The average molecular weight is 449 g/mol. The number of nitrogens with one attached hydrogen (secondary N) is 1. The standard InChI is InChI=1S/C27H29ClN2O2/c1-3-7-25(31)30(19-22-14-16-24(28)17-15-22)26(23-8-5-4-6-9-23)27(32)29-18-21-12-10-20(2)11-13-21/h4-6,8-17,26H,3,7,18-19H2,1-2H3,(H,29,32)/t26-/m0/s1. The Morgan fingerprint density at radius 1 is 0.906 bits per heavy atom. The number of benzene rings is 3. The van der Waals surface area contributed by atoms with Gasteiger partial charge in [0.05, 0.1) is 0 Å². The Hall–Kier alpha value is -3.11. The first-order chi connectivity index (χ1) is 15.5. The maximum absolute atomic E-state index is 13.5. The maximum Gasteiger partial charge on any atom is 0.247 e. The van der Waals surface area contributed by atoms with Crippen molar-refractivity contribution in [2.75, 3.05) is 0 Å². The molecule has 0 aromatic heterocycles. The molecule has 0 saturated heterocycles. The van der Waals surface area contributed by atoms with Gasteiger partial charge >= 0.3 is 0 Å². The molecule has 0 unspecified atom stereocenters. The Morgan fingerprint density at radius 3 is 2.16 bits per heavy atom. The van der Waals surface area contributed by atoms with Crippen molar-refractivity contribution in [3.05, 3.63) is 106 Å². The van der Waals surface area contributed by atoms with Crippen molar-refractivity contribution >= 4 is 23.4 Å². The van der Waals surface area contributed by atoms with Crippen LogP contribution in [-0.2, 0) is 22.7 Å². The lowest BCUT2D eigenvalue weighted by Gasteiger charge is -2.31. The number of carbonyl (C=O) groups excluding carboxylic acids is 2. The summed E-state index contributed by atoms with van der Waals surface area (Å²) < 4.78 is 0. The van der Waals surface area contributed by atoms with Crippen molar-refractivity contribution in [3.63, 3.8) is 0 Å². The van der Waals surface area contributed by atoms with Crippen LogP contribution in [0.4, 0.5) is 0 Å². The molecular weight excluding hydrogens is 420 g/mol. The lowest BCUT2D eigenvalue weighted by molar-refractivity contribution is -0.141. The summed E-state index contributed by atoms with van der Waals surface area (Å²) in [5, 5.41) is 3.67. The van der Waals surface area contributed by atoms with Gasteiger partial charge in [-0.1, -0.05) is 90.8 Å². The number of halogens is 1. The zero-order chi connectivity index (χ0) is 22.9. The molecule has 0 aliphatic carbocycles. The molecule has 3 aromatic carbocycles. The van der Waals surface area contributed by atoms with E-state index in [0.717, 1.165) is 16.7 Å². The number of aryl methyl sites for hydroxylation is 1. The van der Waals surface area contributed by atoms with Gasteiger partial charge in [0.25, 0.3) is 0 Å². The molecule has 2 amide bonds. The Balaban J connectivity index is 1.90. The Bertz CT molecular complexity index is 1020. The topological polar surface area (TPSA) is 49.4 Å². The van der Waals surface area contributed by atoms with Crippen LogP contribution in [0.3, 0.4) is 0 Å². The van der Waals surface area contributed by atoms with Gasteiger partial charge in [-0.25, -0.2) is 0 Å². The lowest BCUT2D eigenvalue weighted by Crippen LogP contribution is -2.43. The SMILES string of the molecule is CCCC(=O)N(Cc1ccc(Cl)cc1)[C@H](C(=O)NCc1ccc(C)cc1)c1ccccc1. The van der Waals surface area contributed by atoms with E-state index in [0.29, 0.717) is 31.0 Å². The molecule has 3 aromatic rings. The fourth-order valence-electron chi connectivity index (χ4n) is 3.57. The molecule has 0 spiro atoms. The monoisotopic (exact) mass is 448 g/mol. The van der Waals surface area contributed by atoms with Gasteiger partial charge in [0.1, 0.15) is 6.04 Å². The van der Waals surface area contributed by atoms with E-state index in [1.165, 1.54) is 5.56 Å². The highest BCUT2D eigenvalue weighted by Gasteiger charge is 2.31. The van der Waals surface area contributed by atoms with Crippen LogP contribution in [-0.4, -0.2) is 16.7 Å². The van der Waals surface area contributed by atoms with Crippen LogP contribution in [0.5, 0.6) is 0 Å². The van der Waals surface area contributed by atoms with Crippen molar-refractivity contribution in [3.8, 4) is 0 Å². The van der Waals surface area contributed by atoms with Crippen molar-refractivity contribution in [2.45, 2.75) is 45.8 Å². The number of hydrogen-bond donors (Lipinski definition) is 1. The first-order valence-electron chi connectivity index (χ1n) is 10.9. The summed E-state index contributed by atoms with van der Waals surface area (Å²) in [5.74, 6) is -0.253. The molecule has 0 saturated carbocycles.